The number of carbonyl (C=O) groups excluding carboxylic acids is 1. The third-order valence-electron chi connectivity index (χ3n) is 3.72. The van der Waals surface area contributed by atoms with E-state index < -0.39 is 0 Å². The van der Waals surface area contributed by atoms with Crippen molar-refractivity contribution < 1.29 is 9.53 Å². The van der Waals surface area contributed by atoms with Crippen molar-refractivity contribution in [2.75, 3.05) is 32.8 Å². The molecule has 0 atom stereocenters. The van der Waals surface area contributed by atoms with Crippen LogP contribution in [0.1, 0.15) is 24.2 Å². The van der Waals surface area contributed by atoms with Crippen LogP contribution in [-0.4, -0.2) is 49.2 Å². The summed E-state index contributed by atoms with van der Waals surface area (Å²) in [4.78, 5) is 14.7. The smallest absolute Gasteiger partial charge is 0.252 e. The molecule has 0 unspecified atom stereocenters. The van der Waals surface area contributed by atoms with Crippen LogP contribution >= 0.6 is 31.9 Å². The van der Waals surface area contributed by atoms with Crippen molar-refractivity contribution in [3.8, 4) is 0 Å². The molecule has 0 aliphatic carbocycles. The van der Waals surface area contributed by atoms with Gasteiger partial charge in [-0.05, 0) is 48.0 Å². The number of morpholine rings is 1. The van der Waals surface area contributed by atoms with Gasteiger partial charge in [-0.25, -0.2) is 0 Å². The Morgan fingerprint density at radius 3 is 2.62 bits per heavy atom. The van der Waals surface area contributed by atoms with Gasteiger partial charge in [0.25, 0.3) is 5.91 Å². The Balaban J connectivity index is 1.96. The maximum Gasteiger partial charge on any atom is 0.252 e. The number of rotatable bonds is 4. The van der Waals surface area contributed by atoms with Gasteiger partial charge < -0.3 is 10.1 Å². The van der Waals surface area contributed by atoms with Gasteiger partial charge in [0.15, 0.2) is 0 Å². The first-order valence-electron chi connectivity index (χ1n) is 6.96. The van der Waals surface area contributed by atoms with Crippen LogP contribution in [-0.2, 0) is 4.74 Å². The average Bonchev–Trinajstić information content (AvgIpc) is 2.46. The molecule has 0 saturated carbocycles. The van der Waals surface area contributed by atoms with Crippen molar-refractivity contribution in [2.24, 2.45) is 0 Å². The highest BCUT2D eigenvalue weighted by Gasteiger charge is 2.28. The van der Waals surface area contributed by atoms with Crippen LogP contribution in [0, 0.1) is 0 Å². The molecule has 1 heterocycles. The molecule has 1 aromatic carbocycles. The Hall–Kier alpha value is -0.430. The number of hydrogen-bond acceptors (Lipinski definition) is 3. The van der Waals surface area contributed by atoms with Gasteiger partial charge in [0.2, 0.25) is 0 Å². The highest BCUT2D eigenvalue weighted by atomic mass is 79.9. The summed E-state index contributed by atoms with van der Waals surface area (Å²) >= 11 is 6.81. The SMILES string of the molecule is CC(C)(CNC(=O)c1ccc(Br)cc1Br)N1CCOCC1. The topological polar surface area (TPSA) is 41.6 Å². The molecule has 6 heteroatoms. The van der Waals surface area contributed by atoms with Crippen LogP contribution < -0.4 is 5.32 Å². The zero-order valence-corrected chi connectivity index (χ0v) is 15.5. The maximum absolute atomic E-state index is 12.3. The van der Waals surface area contributed by atoms with Crippen molar-refractivity contribution in [3.05, 3.63) is 32.7 Å². The zero-order valence-electron chi connectivity index (χ0n) is 12.3. The number of amides is 1. The molecule has 1 saturated heterocycles. The Kier molecular flexibility index (Phi) is 5.82. The van der Waals surface area contributed by atoms with Gasteiger partial charge in [-0.3, -0.25) is 9.69 Å². The quantitative estimate of drug-likeness (QED) is 0.815. The third kappa shape index (κ3) is 4.52. The lowest BCUT2D eigenvalue weighted by Crippen LogP contribution is -2.55. The largest absolute Gasteiger partial charge is 0.379 e. The molecule has 0 radical (unpaired) electrons. The Bertz CT molecular complexity index is 514. The van der Waals surface area contributed by atoms with Crippen LogP contribution in [0.4, 0.5) is 0 Å². The second-order valence-corrected chi connectivity index (χ2v) is 7.49. The first-order chi connectivity index (χ1) is 9.90. The summed E-state index contributed by atoms with van der Waals surface area (Å²) in [6.45, 7) is 8.24. The first kappa shape index (κ1) is 16.9. The summed E-state index contributed by atoms with van der Waals surface area (Å²) in [5.74, 6) is -0.0595. The highest BCUT2D eigenvalue weighted by molar-refractivity contribution is 9.11. The molecular weight excluding hydrogens is 400 g/mol. The number of nitrogens with zero attached hydrogens (tertiary/aromatic N) is 1. The third-order valence-corrected chi connectivity index (χ3v) is 4.87. The zero-order chi connectivity index (χ0) is 15.5. The molecule has 1 aromatic rings. The second kappa shape index (κ2) is 7.22. The highest BCUT2D eigenvalue weighted by Crippen LogP contribution is 2.22. The minimum absolute atomic E-state index is 0.0595. The standard InChI is InChI=1S/C15H20Br2N2O2/c1-15(2,19-5-7-21-8-6-19)10-18-14(20)12-4-3-11(16)9-13(12)17/h3-4,9H,5-8,10H2,1-2H3,(H,18,20). The van der Waals surface area contributed by atoms with Gasteiger partial charge in [-0.15, -0.1) is 0 Å². The molecule has 0 bridgehead atoms. The van der Waals surface area contributed by atoms with E-state index in [1.165, 1.54) is 0 Å². The van der Waals surface area contributed by atoms with Gasteiger partial charge in [-0.1, -0.05) is 15.9 Å². The van der Waals surface area contributed by atoms with Crippen LogP contribution in [0.25, 0.3) is 0 Å². The van der Waals surface area contributed by atoms with E-state index in [4.69, 9.17) is 4.74 Å². The predicted octanol–water partition coefficient (Wildman–Crippen LogP) is 3.05. The molecule has 2 rings (SSSR count). The van der Waals surface area contributed by atoms with Crippen LogP contribution in [0.3, 0.4) is 0 Å². The lowest BCUT2D eigenvalue weighted by molar-refractivity contribution is -0.00923. The molecule has 1 amide bonds. The molecule has 1 N–H and O–H groups in total. The molecule has 4 nitrogen and oxygen atoms in total. The summed E-state index contributed by atoms with van der Waals surface area (Å²) < 4.78 is 7.11. The second-order valence-electron chi connectivity index (χ2n) is 5.72. The van der Waals surface area contributed by atoms with E-state index in [0.717, 1.165) is 35.2 Å². The van der Waals surface area contributed by atoms with Crippen molar-refractivity contribution in [1.82, 2.24) is 10.2 Å². The number of benzene rings is 1. The lowest BCUT2D eigenvalue weighted by atomic mass is 10.0. The first-order valence-corrected chi connectivity index (χ1v) is 8.55. The van der Waals surface area contributed by atoms with Crippen molar-refractivity contribution in [2.45, 2.75) is 19.4 Å². The fraction of sp³-hybridized carbons (Fsp3) is 0.533. The van der Waals surface area contributed by atoms with Crippen LogP contribution in [0.15, 0.2) is 27.1 Å². The summed E-state index contributed by atoms with van der Waals surface area (Å²) in [6.07, 6.45) is 0. The van der Waals surface area contributed by atoms with Gasteiger partial charge in [0.1, 0.15) is 0 Å². The fourth-order valence-corrected chi connectivity index (χ4v) is 3.57. The number of carbonyl (C=O) groups is 1. The monoisotopic (exact) mass is 418 g/mol. The average molecular weight is 420 g/mol. The number of hydrogen-bond donors (Lipinski definition) is 1. The summed E-state index contributed by atoms with van der Waals surface area (Å²) in [7, 11) is 0. The van der Waals surface area contributed by atoms with Crippen molar-refractivity contribution in [3.63, 3.8) is 0 Å². The Morgan fingerprint density at radius 1 is 1.33 bits per heavy atom. The number of nitrogens with one attached hydrogen (secondary N) is 1. The molecule has 116 valence electrons. The van der Waals surface area contributed by atoms with E-state index in [2.05, 4.69) is 55.9 Å². The minimum Gasteiger partial charge on any atom is -0.379 e. The maximum atomic E-state index is 12.3. The Labute approximate surface area is 142 Å². The van der Waals surface area contributed by atoms with Gasteiger partial charge in [0, 0.05) is 34.1 Å². The van der Waals surface area contributed by atoms with Gasteiger partial charge >= 0.3 is 0 Å². The van der Waals surface area contributed by atoms with E-state index in [1.54, 1.807) is 0 Å². The molecule has 0 aromatic heterocycles. The molecular formula is C15H20Br2N2O2. The molecule has 21 heavy (non-hydrogen) atoms. The number of ether oxygens (including phenoxy) is 1. The van der Waals surface area contributed by atoms with Crippen molar-refractivity contribution >= 4 is 37.8 Å². The van der Waals surface area contributed by atoms with Crippen LogP contribution in [0.2, 0.25) is 0 Å². The predicted molar refractivity (Wildman–Crippen MR) is 90.6 cm³/mol. The number of halogens is 2. The van der Waals surface area contributed by atoms with Gasteiger partial charge in [0.05, 0.1) is 18.8 Å². The van der Waals surface area contributed by atoms with E-state index in [0.29, 0.717) is 12.1 Å². The van der Waals surface area contributed by atoms with Crippen molar-refractivity contribution in [1.29, 1.82) is 0 Å². The minimum atomic E-state index is -0.0821. The molecule has 1 fully saturated rings. The molecule has 0 spiro atoms. The summed E-state index contributed by atoms with van der Waals surface area (Å²) in [6, 6.07) is 5.56. The van der Waals surface area contributed by atoms with E-state index in [1.807, 2.05) is 18.2 Å². The van der Waals surface area contributed by atoms with E-state index in [-0.39, 0.29) is 11.4 Å². The summed E-state index contributed by atoms with van der Waals surface area (Å²) in [5.41, 5.74) is 0.567. The normalized spacial score (nSPS) is 16.8. The van der Waals surface area contributed by atoms with E-state index in [9.17, 15) is 4.79 Å². The van der Waals surface area contributed by atoms with E-state index >= 15 is 0 Å². The fourth-order valence-electron chi connectivity index (χ4n) is 2.35. The molecule has 1 aliphatic rings. The molecule has 1 aliphatic heterocycles. The summed E-state index contributed by atoms with van der Waals surface area (Å²) in [5, 5.41) is 3.03. The Morgan fingerprint density at radius 2 is 2.00 bits per heavy atom. The lowest BCUT2D eigenvalue weighted by Gasteiger charge is -2.40. The van der Waals surface area contributed by atoms with Crippen LogP contribution in [0.5, 0.6) is 0 Å². The van der Waals surface area contributed by atoms with Gasteiger partial charge in [-0.2, -0.15) is 0 Å².